The maximum Gasteiger partial charge on any atom is 0.153 e. The molecular formula is C21H23N5O. The van der Waals surface area contributed by atoms with Crippen LogP contribution < -0.4 is 5.32 Å². The summed E-state index contributed by atoms with van der Waals surface area (Å²) in [5.74, 6) is 2.32. The molecule has 1 saturated carbocycles. The van der Waals surface area contributed by atoms with Crippen LogP contribution in [0.15, 0.2) is 66.8 Å². The first-order valence-corrected chi connectivity index (χ1v) is 9.19. The molecule has 0 aromatic carbocycles. The number of pyridine rings is 1. The summed E-state index contributed by atoms with van der Waals surface area (Å²) in [5, 5.41) is 8.20. The summed E-state index contributed by atoms with van der Waals surface area (Å²) in [6.45, 7) is 0.704. The van der Waals surface area contributed by atoms with Crippen LogP contribution in [0.25, 0.3) is 5.65 Å². The van der Waals surface area contributed by atoms with Gasteiger partial charge in [0, 0.05) is 32.2 Å². The summed E-state index contributed by atoms with van der Waals surface area (Å²) in [6, 6.07) is 7.97. The maximum absolute atomic E-state index is 5.56. The van der Waals surface area contributed by atoms with Gasteiger partial charge in [-0.25, -0.2) is 9.50 Å². The van der Waals surface area contributed by atoms with Crippen molar-refractivity contribution >= 4 is 11.5 Å². The Balaban J connectivity index is 0.00000192. The molecule has 0 radical (unpaired) electrons. The lowest BCUT2D eigenvalue weighted by molar-refractivity contribution is 0.282. The summed E-state index contributed by atoms with van der Waals surface area (Å²) < 4.78 is 7.53. The van der Waals surface area contributed by atoms with Crippen molar-refractivity contribution in [3.05, 3.63) is 78.1 Å². The molecule has 138 valence electrons. The van der Waals surface area contributed by atoms with Gasteiger partial charge in [0.05, 0.1) is 24.8 Å². The Hall–Kier alpha value is -3.15. The number of nitrogens with zero attached hydrogens (tertiary/aromatic N) is 4. The average Bonchev–Trinajstić information content (AvgIpc) is 3.27. The van der Waals surface area contributed by atoms with Crippen molar-refractivity contribution in [3.8, 4) is 0 Å². The standard InChI is InChI=1S/C21H21N5O.H2/c1-27-17-4-2-3-16-11-21(16,12-17)18-14-24-20-6-5-19(25-26(18)20)23-13-15-7-9-22-10-8-15;/h2-3,5-10,12,14,16H,4,11,13H2,1H3,(H,23,25);1H. The van der Waals surface area contributed by atoms with E-state index in [9.17, 15) is 0 Å². The highest BCUT2D eigenvalue weighted by molar-refractivity contribution is 5.50. The third-order valence-electron chi connectivity index (χ3n) is 5.49. The smallest absolute Gasteiger partial charge is 0.153 e. The van der Waals surface area contributed by atoms with Crippen molar-refractivity contribution in [2.75, 3.05) is 12.4 Å². The molecule has 6 nitrogen and oxygen atoms in total. The molecule has 2 unspecified atom stereocenters. The van der Waals surface area contributed by atoms with E-state index < -0.39 is 0 Å². The highest BCUT2D eigenvalue weighted by Crippen LogP contribution is 2.57. The van der Waals surface area contributed by atoms with Crippen LogP contribution in [-0.2, 0) is 16.7 Å². The Morgan fingerprint density at radius 3 is 3.04 bits per heavy atom. The first kappa shape index (κ1) is 16.1. The minimum Gasteiger partial charge on any atom is -0.501 e. The molecule has 3 aromatic rings. The number of methoxy groups -OCH3 is 1. The van der Waals surface area contributed by atoms with Crippen LogP contribution in [-0.4, -0.2) is 26.7 Å². The van der Waals surface area contributed by atoms with Crippen LogP contribution in [0.1, 0.15) is 25.5 Å². The van der Waals surface area contributed by atoms with Crippen molar-refractivity contribution < 1.29 is 6.16 Å². The van der Waals surface area contributed by atoms with Crippen LogP contribution in [0.2, 0.25) is 0 Å². The van der Waals surface area contributed by atoms with E-state index in [1.807, 2.05) is 35.0 Å². The average molecular weight is 361 g/mol. The number of hydrogen-bond acceptors (Lipinski definition) is 5. The molecule has 0 saturated heterocycles. The molecule has 3 heterocycles. The van der Waals surface area contributed by atoms with Gasteiger partial charge in [-0.2, -0.15) is 0 Å². The lowest BCUT2D eigenvalue weighted by Crippen LogP contribution is -2.13. The van der Waals surface area contributed by atoms with E-state index in [0.717, 1.165) is 35.8 Å². The molecule has 2 aliphatic rings. The van der Waals surface area contributed by atoms with Gasteiger partial charge < -0.3 is 10.1 Å². The third kappa shape index (κ3) is 2.77. The number of nitrogens with one attached hydrogen (secondary N) is 1. The SMILES string of the molecule is COC1=CC2(c3cnc4ccc(NCc5ccncc5)nn34)CC2C=CC1.[HH]. The summed E-state index contributed by atoms with van der Waals surface area (Å²) in [4.78, 5) is 8.63. The van der Waals surface area contributed by atoms with E-state index >= 15 is 0 Å². The van der Waals surface area contributed by atoms with Gasteiger partial charge in [0.15, 0.2) is 5.65 Å². The number of imidazole rings is 1. The molecule has 5 rings (SSSR count). The number of rotatable bonds is 5. The fourth-order valence-corrected chi connectivity index (χ4v) is 3.89. The highest BCUT2D eigenvalue weighted by Gasteiger charge is 2.55. The minimum atomic E-state index is -0.0610. The van der Waals surface area contributed by atoms with Gasteiger partial charge in [0.25, 0.3) is 0 Å². The van der Waals surface area contributed by atoms with Gasteiger partial charge in [-0.3, -0.25) is 4.98 Å². The summed E-state index contributed by atoms with van der Waals surface area (Å²) >= 11 is 0. The molecule has 0 aliphatic heterocycles. The molecule has 2 atom stereocenters. The summed E-state index contributed by atoms with van der Waals surface area (Å²) in [5.41, 5.74) is 3.09. The second-order valence-corrected chi connectivity index (χ2v) is 7.14. The molecule has 1 fully saturated rings. The quantitative estimate of drug-likeness (QED) is 0.702. The van der Waals surface area contributed by atoms with E-state index in [2.05, 4.69) is 33.5 Å². The Labute approximate surface area is 159 Å². The van der Waals surface area contributed by atoms with Crippen LogP contribution >= 0.6 is 0 Å². The number of allylic oxidation sites excluding steroid dienone is 3. The van der Waals surface area contributed by atoms with Gasteiger partial charge >= 0.3 is 0 Å². The number of aromatic nitrogens is 4. The lowest BCUT2D eigenvalue weighted by Gasteiger charge is -2.13. The van der Waals surface area contributed by atoms with E-state index in [0.29, 0.717) is 12.5 Å². The molecule has 0 spiro atoms. The molecule has 6 heteroatoms. The Bertz CT molecular complexity index is 1050. The summed E-state index contributed by atoms with van der Waals surface area (Å²) in [7, 11) is 1.74. The number of fused-ring (bicyclic) bond motifs is 2. The third-order valence-corrected chi connectivity index (χ3v) is 5.49. The van der Waals surface area contributed by atoms with Crippen molar-refractivity contribution in [2.24, 2.45) is 5.92 Å². The second-order valence-electron chi connectivity index (χ2n) is 7.14. The lowest BCUT2D eigenvalue weighted by atomic mass is 9.99. The van der Waals surface area contributed by atoms with Gasteiger partial charge in [-0.1, -0.05) is 12.2 Å². The van der Waals surface area contributed by atoms with Gasteiger partial charge in [-0.05, 0) is 48.2 Å². The zero-order chi connectivity index (χ0) is 18.3. The summed E-state index contributed by atoms with van der Waals surface area (Å²) in [6.07, 6.45) is 14.2. The molecule has 27 heavy (non-hydrogen) atoms. The van der Waals surface area contributed by atoms with Gasteiger partial charge in [0.2, 0.25) is 0 Å². The van der Waals surface area contributed by atoms with Crippen molar-refractivity contribution in [1.29, 1.82) is 0 Å². The van der Waals surface area contributed by atoms with Crippen LogP contribution in [0.5, 0.6) is 0 Å². The molecule has 0 amide bonds. The van der Waals surface area contributed by atoms with E-state index in [1.54, 1.807) is 19.5 Å². The predicted octanol–water partition coefficient (Wildman–Crippen LogP) is 3.73. The van der Waals surface area contributed by atoms with E-state index in [1.165, 1.54) is 5.56 Å². The zero-order valence-corrected chi connectivity index (χ0v) is 15.2. The monoisotopic (exact) mass is 361 g/mol. The van der Waals surface area contributed by atoms with E-state index in [-0.39, 0.29) is 6.84 Å². The normalized spacial score (nSPS) is 23.4. The molecular weight excluding hydrogens is 338 g/mol. The molecule has 2 aliphatic carbocycles. The van der Waals surface area contributed by atoms with E-state index in [4.69, 9.17) is 9.84 Å². The first-order chi connectivity index (χ1) is 13.3. The first-order valence-electron chi connectivity index (χ1n) is 9.19. The van der Waals surface area contributed by atoms with Crippen molar-refractivity contribution in [2.45, 2.75) is 24.8 Å². The topological polar surface area (TPSA) is 64.3 Å². The predicted molar refractivity (Wildman–Crippen MR) is 105 cm³/mol. The fourth-order valence-electron chi connectivity index (χ4n) is 3.89. The maximum atomic E-state index is 5.56. The van der Waals surface area contributed by atoms with Crippen LogP contribution in [0, 0.1) is 5.92 Å². The minimum absolute atomic E-state index is 0. The number of ether oxygens (including phenoxy) is 1. The zero-order valence-electron chi connectivity index (χ0n) is 15.2. The Morgan fingerprint density at radius 1 is 1.30 bits per heavy atom. The van der Waals surface area contributed by atoms with Crippen molar-refractivity contribution in [3.63, 3.8) is 0 Å². The Kier molecular flexibility index (Phi) is 3.70. The van der Waals surface area contributed by atoms with Gasteiger partial charge in [0.1, 0.15) is 5.82 Å². The Morgan fingerprint density at radius 2 is 2.19 bits per heavy atom. The van der Waals surface area contributed by atoms with Crippen LogP contribution in [0.3, 0.4) is 0 Å². The van der Waals surface area contributed by atoms with Crippen molar-refractivity contribution in [1.82, 2.24) is 19.6 Å². The second kappa shape index (κ2) is 6.23. The van der Waals surface area contributed by atoms with Crippen LogP contribution in [0.4, 0.5) is 5.82 Å². The largest absolute Gasteiger partial charge is 0.501 e. The fraction of sp³-hybridized carbons (Fsp3) is 0.286. The molecule has 0 bridgehead atoms. The molecule has 3 aromatic heterocycles. The highest BCUT2D eigenvalue weighted by atomic mass is 16.5. The molecule has 1 N–H and O–H groups in total. The number of anilines is 1. The number of hydrogen-bond donors (Lipinski definition) is 1. The van der Waals surface area contributed by atoms with Gasteiger partial charge in [-0.15, -0.1) is 5.10 Å².